The van der Waals surface area contributed by atoms with Crippen LogP contribution in [0, 0.1) is 0 Å². The van der Waals surface area contributed by atoms with Crippen LogP contribution in [-0.4, -0.2) is 19.9 Å². The quantitative estimate of drug-likeness (QED) is 0.187. The second kappa shape index (κ2) is 9.76. The lowest BCUT2D eigenvalue weighted by atomic mass is 9.97. The minimum atomic E-state index is 0.496. The first-order valence-corrected chi connectivity index (χ1v) is 16.0. The first kappa shape index (κ1) is 25.4. The second-order valence-corrected chi connectivity index (χ2v) is 12.5. The molecule has 6 aromatic carbocycles. The van der Waals surface area contributed by atoms with E-state index < -0.39 is 0 Å². The third-order valence-corrected chi connectivity index (χ3v) is 9.92. The fourth-order valence-corrected chi connectivity index (χ4v) is 7.81. The van der Waals surface area contributed by atoms with Gasteiger partial charge in [0.25, 0.3) is 0 Å². The Bertz CT molecular complexity index is 2830. The Balaban J connectivity index is 1.28. The first-order valence-electron chi connectivity index (χ1n) is 15.1. The first-order chi connectivity index (χ1) is 22.8. The van der Waals surface area contributed by atoms with Crippen LogP contribution >= 0.6 is 11.3 Å². The van der Waals surface area contributed by atoms with Gasteiger partial charge in [-0.05, 0) is 45.8 Å². The van der Waals surface area contributed by atoms with E-state index in [0.29, 0.717) is 23.2 Å². The van der Waals surface area contributed by atoms with Crippen molar-refractivity contribution >= 4 is 75.0 Å². The van der Waals surface area contributed by atoms with Crippen LogP contribution in [-0.2, 0) is 0 Å². The Morgan fingerprint density at radius 1 is 0.457 bits per heavy atom. The fourth-order valence-electron chi connectivity index (χ4n) is 6.67. The third kappa shape index (κ3) is 3.81. The number of fused-ring (bicyclic) bond motifs is 9. The van der Waals surface area contributed by atoms with Gasteiger partial charge in [0, 0.05) is 54.3 Å². The molecule has 4 aromatic heterocycles. The van der Waals surface area contributed by atoms with Crippen molar-refractivity contribution in [2.24, 2.45) is 0 Å². The summed E-state index contributed by atoms with van der Waals surface area (Å²) < 4.78 is 8.66. The average Bonchev–Trinajstić information content (AvgIpc) is 3.69. The van der Waals surface area contributed by atoms with Gasteiger partial charge in [-0.2, -0.15) is 0 Å². The van der Waals surface area contributed by atoms with Crippen molar-refractivity contribution in [3.05, 3.63) is 134 Å². The molecular formula is C40H22N4OS. The van der Waals surface area contributed by atoms with E-state index in [1.807, 2.05) is 30.5 Å². The second-order valence-electron chi connectivity index (χ2n) is 11.4. The minimum Gasteiger partial charge on any atom is -0.456 e. The summed E-state index contributed by atoms with van der Waals surface area (Å²) in [5, 5.41) is 8.91. The smallest absolute Gasteiger partial charge is 0.182 e. The number of hydrogen-bond donors (Lipinski definition) is 0. The van der Waals surface area contributed by atoms with Crippen molar-refractivity contribution in [2.45, 2.75) is 0 Å². The van der Waals surface area contributed by atoms with Gasteiger partial charge in [-0.15, -0.1) is 11.3 Å². The number of rotatable bonds is 3. The number of nitrogens with zero attached hydrogens (tertiary/aromatic N) is 4. The van der Waals surface area contributed by atoms with Gasteiger partial charge in [0.1, 0.15) is 16.9 Å². The Morgan fingerprint density at radius 3 is 2.02 bits per heavy atom. The average molecular weight is 607 g/mol. The van der Waals surface area contributed by atoms with Gasteiger partial charge in [0.05, 0.1) is 0 Å². The highest BCUT2D eigenvalue weighted by atomic mass is 32.1. The topological polar surface area (TPSA) is 64.7 Å². The highest BCUT2D eigenvalue weighted by molar-refractivity contribution is 7.25. The summed E-state index contributed by atoms with van der Waals surface area (Å²) in [6.07, 6.45) is 1.86. The molecule has 0 aliphatic heterocycles. The van der Waals surface area contributed by atoms with Crippen molar-refractivity contribution < 1.29 is 4.42 Å². The zero-order valence-corrected chi connectivity index (χ0v) is 25.1. The van der Waals surface area contributed by atoms with Gasteiger partial charge in [-0.1, -0.05) is 97.1 Å². The predicted octanol–water partition coefficient (Wildman–Crippen LogP) is 10.8. The Kier molecular flexibility index (Phi) is 5.38. The molecule has 0 bridgehead atoms. The molecule has 0 aliphatic carbocycles. The largest absolute Gasteiger partial charge is 0.456 e. The van der Waals surface area contributed by atoms with Gasteiger partial charge in [-0.25, -0.2) is 15.0 Å². The summed E-state index contributed by atoms with van der Waals surface area (Å²) in [4.78, 5) is 20.3. The lowest BCUT2D eigenvalue weighted by Crippen LogP contribution is -2.02. The molecule has 46 heavy (non-hydrogen) atoms. The molecule has 0 radical (unpaired) electrons. The van der Waals surface area contributed by atoms with Crippen LogP contribution in [0.2, 0.25) is 0 Å². The van der Waals surface area contributed by atoms with Crippen molar-refractivity contribution in [1.82, 2.24) is 19.9 Å². The third-order valence-electron chi connectivity index (χ3n) is 8.78. The maximum absolute atomic E-state index is 6.24. The van der Waals surface area contributed by atoms with E-state index in [-0.39, 0.29) is 0 Å². The van der Waals surface area contributed by atoms with Crippen LogP contribution in [0.3, 0.4) is 0 Å². The highest BCUT2D eigenvalue weighted by Crippen LogP contribution is 2.41. The van der Waals surface area contributed by atoms with Crippen molar-refractivity contribution in [1.29, 1.82) is 0 Å². The standard InChI is InChI=1S/C40H22N4OS/c1-2-11-24-23(10-1)20-30(26-13-4-3-12-25(24)26)39-42-38(29-16-9-19-36-37(29)28-15-6-8-18-35(28)46-36)43-40(44-39)32-21-34-31(22-41-32)27-14-5-7-17-33(27)45-34/h1-22H. The van der Waals surface area contributed by atoms with Crippen molar-refractivity contribution in [3.8, 4) is 34.3 Å². The Hall–Kier alpha value is -5.98. The number of furan rings is 1. The molecular weight excluding hydrogens is 585 g/mol. The maximum atomic E-state index is 6.24. The molecule has 5 nitrogen and oxygen atoms in total. The van der Waals surface area contributed by atoms with Crippen LogP contribution in [0.5, 0.6) is 0 Å². The van der Waals surface area contributed by atoms with E-state index >= 15 is 0 Å². The molecule has 0 spiro atoms. The molecule has 0 aliphatic rings. The van der Waals surface area contributed by atoms with Crippen molar-refractivity contribution in [3.63, 3.8) is 0 Å². The molecule has 0 atom stereocenters. The van der Waals surface area contributed by atoms with Crippen LogP contribution < -0.4 is 0 Å². The molecule has 0 unspecified atom stereocenters. The molecule has 0 amide bonds. The summed E-state index contributed by atoms with van der Waals surface area (Å²) in [7, 11) is 0. The number of aromatic nitrogens is 4. The van der Waals surface area contributed by atoms with Crippen LogP contribution in [0.25, 0.3) is 97.9 Å². The van der Waals surface area contributed by atoms with Gasteiger partial charge in [0.2, 0.25) is 0 Å². The number of para-hydroxylation sites is 1. The molecule has 0 fully saturated rings. The fraction of sp³-hybridized carbons (Fsp3) is 0. The van der Waals surface area contributed by atoms with E-state index in [1.54, 1.807) is 11.3 Å². The summed E-state index contributed by atoms with van der Waals surface area (Å²) >= 11 is 1.78. The van der Waals surface area contributed by atoms with Crippen LogP contribution in [0.4, 0.5) is 0 Å². The number of benzene rings is 6. The van der Waals surface area contributed by atoms with E-state index in [4.69, 9.17) is 24.4 Å². The zero-order chi connectivity index (χ0) is 30.2. The molecule has 6 heteroatoms. The van der Waals surface area contributed by atoms with E-state index in [0.717, 1.165) is 54.6 Å². The molecule has 214 valence electrons. The molecule has 0 saturated carbocycles. The van der Waals surface area contributed by atoms with Crippen LogP contribution in [0.1, 0.15) is 0 Å². The van der Waals surface area contributed by atoms with Crippen molar-refractivity contribution in [2.75, 3.05) is 0 Å². The SMILES string of the molecule is c1ccc2c(c1)cc(-c1nc(-c3cc4oc5ccccc5c4cn3)nc(-c3cccc4sc5ccccc5c34)n1)c1ccccc12. The minimum absolute atomic E-state index is 0.496. The lowest BCUT2D eigenvalue weighted by Gasteiger charge is -2.12. The Labute approximate surface area is 266 Å². The Morgan fingerprint density at radius 2 is 1.13 bits per heavy atom. The van der Waals surface area contributed by atoms with E-state index in [2.05, 4.69) is 103 Å². The van der Waals surface area contributed by atoms with Gasteiger partial charge < -0.3 is 4.42 Å². The molecule has 4 heterocycles. The lowest BCUT2D eigenvalue weighted by molar-refractivity contribution is 0.668. The summed E-state index contributed by atoms with van der Waals surface area (Å²) in [6, 6.07) is 44.0. The molecule has 10 rings (SSSR count). The van der Waals surface area contributed by atoms with Crippen LogP contribution in [0.15, 0.2) is 138 Å². The van der Waals surface area contributed by atoms with E-state index in [1.165, 1.54) is 20.2 Å². The maximum Gasteiger partial charge on any atom is 0.182 e. The normalized spacial score (nSPS) is 11.9. The highest BCUT2D eigenvalue weighted by Gasteiger charge is 2.20. The predicted molar refractivity (Wildman–Crippen MR) is 189 cm³/mol. The molecule has 0 saturated heterocycles. The van der Waals surface area contributed by atoms with Gasteiger partial charge in [-0.3, -0.25) is 4.98 Å². The van der Waals surface area contributed by atoms with E-state index in [9.17, 15) is 0 Å². The number of hydrogen-bond acceptors (Lipinski definition) is 6. The number of pyridine rings is 1. The summed E-state index contributed by atoms with van der Waals surface area (Å²) in [5.74, 6) is 1.71. The summed E-state index contributed by atoms with van der Waals surface area (Å²) in [6.45, 7) is 0. The monoisotopic (exact) mass is 606 g/mol. The van der Waals surface area contributed by atoms with Gasteiger partial charge >= 0.3 is 0 Å². The molecule has 10 aromatic rings. The number of thiophene rings is 1. The zero-order valence-electron chi connectivity index (χ0n) is 24.3. The summed E-state index contributed by atoms with van der Waals surface area (Å²) in [5.41, 5.74) is 4.12. The molecule has 0 N–H and O–H groups in total. The van der Waals surface area contributed by atoms with Gasteiger partial charge in [0.15, 0.2) is 17.5 Å².